The van der Waals surface area contributed by atoms with Crippen LogP contribution in [0.15, 0.2) is 0 Å². The maximum Gasteiger partial charge on any atom is 0.246 e. The van der Waals surface area contributed by atoms with Crippen LogP contribution in [0.3, 0.4) is 0 Å². The number of hydrogen-bond donors (Lipinski definition) is 2. The fourth-order valence-corrected chi connectivity index (χ4v) is 0.762. The second-order valence-corrected chi connectivity index (χ2v) is 3.64. The van der Waals surface area contributed by atoms with Crippen molar-refractivity contribution in [3.8, 4) is 0 Å². The number of carbonyl (C=O) groups excluding carboxylic acids is 1. The van der Waals surface area contributed by atoms with Gasteiger partial charge < -0.3 is 15.2 Å². The molecule has 0 radical (unpaired) electrons. The molecule has 0 heterocycles. The van der Waals surface area contributed by atoms with Crippen molar-refractivity contribution in [1.29, 1.82) is 0 Å². The van der Waals surface area contributed by atoms with Gasteiger partial charge in [0.2, 0.25) is 5.91 Å². The third-order valence-electron chi connectivity index (χ3n) is 1.45. The highest BCUT2D eigenvalue weighted by molar-refractivity contribution is 5.77. The lowest BCUT2D eigenvalue weighted by Gasteiger charge is -2.23. The van der Waals surface area contributed by atoms with Crippen molar-refractivity contribution in [3.05, 3.63) is 0 Å². The molecule has 0 bridgehead atoms. The molecule has 0 aromatic heterocycles. The normalized spacial score (nSPS) is 11.4. The van der Waals surface area contributed by atoms with Crippen LogP contribution in [0, 0.1) is 0 Å². The van der Waals surface area contributed by atoms with Gasteiger partial charge in [0.05, 0.1) is 12.1 Å². The minimum absolute atomic E-state index is 0.0667. The van der Waals surface area contributed by atoms with Crippen molar-refractivity contribution in [2.45, 2.75) is 32.7 Å². The smallest absolute Gasteiger partial charge is 0.246 e. The van der Waals surface area contributed by atoms with Gasteiger partial charge in [0.1, 0.15) is 6.61 Å². The van der Waals surface area contributed by atoms with Crippen molar-refractivity contribution in [3.63, 3.8) is 0 Å². The maximum atomic E-state index is 11.1. The third-order valence-corrected chi connectivity index (χ3v) is 1.45. The zero-order valence-corrected chi connectivity index (χ0v) is 8.59. The van der Waals surface area contributed by atoms with Crippen LogP contribution in [-0.2, 0) is 9.53 Å². The Bertz CT molecular complexity index is 157. The monoisotopic (exact) mass is 189 g/mol. The van der Waals surface area contributed by atoms with E-state index >= 15 is 0 Å². The second-order valence-electron chi connectivity index (χ2n) is 3.64. The average molecular weight is 189 g/mol. The van der Waals surface area contributed by atoms with Gasteiger partial charge in [-0.1, -0.05) is 6.92 Å². The minimum Gasteiger partial charge on any atom is -0.394 e. The van der Waals surface area contributed by atoms with Gasteiger partial charge in [0.25, 0.3) is 0 Å². The van der Waals surface area contributed by atoms with Crippen LogP contribution in [0.2, 0.25) is 0 Å². The number of carbonyl (C=O) groups is 1. The van der Waals surface area contributed by atoms with E-state index < -0.39 is 5.54 Å². The molecule has 0 saturated heterocycles. The average Bonchev–Trinajstić information content (AvgIpc) is 2.04. The lowest BCUT2D eigenvalue weighted by Crippen LogP contribution is -2.47. The Morgan fingerprint density at radius 3 is 2.62 bits per heavy atom. The Labute approximate surface area is 79.3 Å². The molecule has 0 atom stereocenters. The number of ether oxygens (including phenoxy) is 1. The van der Waals surface area contributed by atoms with Crippen LogP contribution >= 0.6 is 0 Å². The summed E-state index contributed by atoms with van der Waals surface area (Å²) in [4.78, 5) is 11.1. The predicted octanol–water partition coefficient (Wildman–Crippen LogP) is 0.300. The molecule has 1 amide bonds. The van der Waals surface area contributed by atoms with Crippen LogP contribution in [0.5, 0.6) is 0 Å². The van der Waals surface area contributed by atoms with Gasteiger partial charge in [0.15, 0.2) is 0 Å². The summed E-state index contributed by atoms with van der Waals surface area (Å²) in [5.74, 6) is -0.187. The van der Waals surface area contributed by atoms with E-state index in [9.17, 15) is 4.79 Å². The summed E-state index contributed by atoms with van der Waals surface area (Å²) in [6, 6.07) is 0. The van der Waals surface area contributed by atoms with Gasteiger partial charge in [-0.3, -0.25) is 4.79 Å². The van der Waals surface area contributed by atoms with E-state index in [2.05, 4.69) is 5.32 Å². The summed E-state index contributed by atoms with van der Waals surface area (Å²) in [6.45, 7) is 6.07. The molecule has 0 aromatic rings. The molecule has 0 unspecified atom stereocenters. The second kappa shape index (κ2) is 5.94. The number of amides is 1. The predicted molar refractivity (Wildman–Crippen MR) is 50.4 cm³/mol. The van der Waals surface area contributed by atoms with Gasteiger partial charge >= 0.3 is 0 Å². The highest BCUT2D eigenvalue weighted by atomic mass is 16.5. The summed E-state index contributed by atoms with van der Waals surface area (Å²) >= 11 is 0. The highest BCUT2D eigenvalue weighted by Gasteiger charge is 2.18. The van der Waals surface area contributed by atoms with Crippen molar-refractivity contribution >= 4 is 5.91 Å². The minimum atomic E-state index is -0.563. The Morgan fingerprint density at radius 1 is 1.54 bits per heavy atom. The zero-order valence-electron chi connectivity index (χ0n) is 8.59. The molecule has 0 aromatic carbocycles. The summed E-state index contributed by atoms with van der Waals surface area (Å²) in [5.41, 5.74) is -0.563. The molecule has 0 aliphatic heterocycles. The van der Waals surface area contributed by atoms with Crippen molar-refractivity contribution in [1.82, 2.24) is 5.32 Å². The Morgan fingerprint density at radius 2 is 2.15 bits per heavy atom. The third kappa shape index (κ3) is 6.54. The lowest BCUT2D eigenvalue weighted by molar-refractivity contribution is -0.127. The molecule has 4 heteroatoms. The van der Waals surface area contributed by atoms with E-state index in [1.54, 1.807) is 13.8 Å². The first-order chi connectivity index (χ1) is 6.02. The van der Waals surface area contributed by atoms with E-state index in [1.807, 2.05) is 6.92 Å². The van der Waals surface area contributed by atoms with Gasteiger partial charge in [-0.25, -0.2) is 0 Å². The Balaban J connectivity index is 3.62. The largest absolute Gasteiger partial charge is 0.394 e. The van der Waals surface area contributed by atoms with Crippen LogP contribution in [-0.4, -0.2) is 36.4 Å². The summed E-state index contributed by atoms with van der Waals surface area (Å²) < 4.78 is 5.04. The van der Waals surface area contributed by atoms with Crippen LogP contribution < -0.4 is 5.32 Å². The molecular weight excluding hydrogens is 170 g/mol. The lowest BCUT2D eigenvalue weighted by atomic mass is 10.1. The standard InChI is InChI=1S/C9H19NO3/c1-4-5-13-6-8(12)10-9(2,3)7-11/h11H,4-7H2,1-3H3,(H,10,12). The number of rotatable bonds is 6. The highest BCUT2D eigenvalue weighted by Crippen LogP contribution is 1.98. The fraction of sp³-hybridized carbons (Fsp3) is 0.889. The molecule has 0 fully saturated rings. The molecule has 0 aliphatic carbocycles. The molecule has 13 heavy (non-hydrogen) atoms. The van der Waals surface area contributed by atoms with Crippen LogP contribution in [0.25, 0.3) is 0 Å². The molecule has 0 aliphatic rings. The van der Waals surface area contributed by atoms with Crippen molar-refractivity contribution in [2.24, 2.45) is 0 Å². The quantitative estimate of drug-likeness (QED) is 0.591. The van der Waals surface area contributed by atoms with E-state index in [4.69, 9.17) is 9.84 Å². The fourth-order valence-electron chi connectivity index (χ4n) is 0.762. The number of nitrogens with one attached hydrogen (secondary N) is 1. The molecule has 2 N–H and O–H groups in total. The van der Waals surface area contributed by atoms with E-state index in [0.29, 0.717) is 6.61 Å². The van der Waals surface area contributed by atoms with E-state index in [-0.39, 0.29) is 19.1 Å². The first-order valence-corrected chi connectivity index (χ1v) is 4.51. The van der Waals surface area contributed by atoms with Gasteiger partial charge in [-0.05, 0) is 20.3 Å². The van der Waals surface area contributed by atoms with E-state index in [0.717, 1.165) is 6.42 Å². The first kappa shape index (κ1) is 12.4. The summed E-state index contributed by atoms with van der Waals surface area (Å²) in [6.07, 6.45) is 0.899. The van der Waals surface area contributed by atoms with Gasteiger partial charge in [0, 0.05) is 6.61 Å². The molecule has 4 nitrogen and oxygen atoms in total. The van der Waals surface area contributed by atoms with Crippen molar-refractivity contribution in [2.75, 3.05) is 19.8 Å². The van der Waals surface area contributed by atoms with Crippen LogP contribution in [0.1, 0.15) is 27.2 Å². The topological polar surface area (TPSA) is 58.6 Å². The van der Waals surface area contributed by atoms with Crippen LogP contribution in [0.4, 0.5) is 0 Å². The molecule has 78 valence electrons. The first-order valence-electron chi connectivity index (χ1n) is 4.51. The summed E-state index contributed by atoms with van der Waals surface area (Å²) in [5, 5.41) is 11.5. The molecule has 0 rings (SSSR count). The molecule has 0 spiro atoms. The number of aliphatic hydroxyl groups excluding tert-OH is 1. The Hall–Kier alpha value is -0.610. The van der Waals surface area contributed by atoms with Gasteiger partial charge in [-0.2, -0.15) is 0 Å². The molecule has 0 saturated carbocycles. The Kier molecular flexibility index (Phi) is 5.66. The summed E-state index contributed by atoms with van der Waals surface area (Å²) in [7, 11) is 0. The number of hydrogen-bond acceptors (Lipinski definition) is 3. The number of aliphatic hydroxyl groups is 1. The molecular formula is C9H19NO3. The maximum absolute atomic E-state index is 11.1. The van der Waals surface area contributed by atoms with Crippen molar-refractivity contribution < 1.29 is 14.6 Å². The van der Waals surface area contributed by atoms with Gasteiger partial charge in [-0.15, -0.1) is 0 Å². The van der Waals surface area contributed by atoms with E-state index in [1.165, 1.54) is 0 Å². The zero-order chi connectivity index (χ0) is 10.3. The SMILES string of the molecule is CCCOCC(=O)NC(C)(C)CO.